The van der Waals surface area contributed by atoms with E-state index < -0.39 is 0 Å². The molecule has 0 aliphatic carbocycles. The predicted molar refractivity (Wildman–Crippen MR) is 55.1 cm³/mol. The van der Waals surface area contributed by atoms with E-state index in [9.17, 15) is 0 Å². The van der Waals surface area contributed by atoms with E-state index in [2.05, 4.69) is 23.4 Å². The smallest absolute Gasteiger partial charge is 0.129 e. The Kier molecular flexibility index (Phi) is 2.00. The summed E-state index contributed by atoms with van der Waals surface area (Å²) in [4.78, 5) is 4.22. The lowest BCUT2D eigenvalue weighted by Gasteiger charge is -2.08. The summed E-state index contributed by atoms with van der Waals surface area (Å²) in [6.45, 7) is 4.29. The molecule has 0 aliphatic rings. The zero-order valence-corrected chi connectivity index (χ0v) is 8.42. The number of aromatic nitrogens is 2. The molecular formula is C10H11ClN2. The Morgan fingerprint density at radius 3 is 2.77 bits per heavy atom. The van der Waals surface area contributed by atoms with Crippen molar-refractivity contribution in [2.45, 2.75) is 19.9 Å². The van der Waals surface area contributed by atoms with Crippen LogP contribution in [-0.4, -0.2) is 9.55 Å². The summed E-state index contributed by atoms with van der Waals surface area (Å²) in [6, 6.07) is 6.27. The molecule has 2 aromatic rings. The number of halogens is 1. The number of hydrogen-bond acceptors (Lipinski definition) is 1. The van der Waals surface area contributed by atoms with Gasteiger partial charge in [-0.15, -0.1) is 0 Å². The molecule has 0 aromatic carbocycles. The van der Waals surface area contributed by atoms with Crippen molar-refractivity contribution in [1.82, 2.24) is 9.55 Å². The molecular weight excluding hydrogens is 184 g/mol. The minimum atomic E-state index is 0.459. The van der Waals surface area contributed by atoms with E-state index in [0.29, 0.717) is 11.2 Å². The van der Waals surface area contributed by atoms with Crippen molar-refractivity contribution >= 4 is 22.6 Å². The molecule has 68 valence electrons. The molecule has 0 fully saturated rings. The monoisotopic (exact) mass is 194 g/mol. The van der Waals surface area contributed by atoms with Gasteiger partial charge in [0.15, 0.2) is 0 Å². The van der Waals surface area contributed by atoms with Crippen molar-refractivity contribution in [1.29, 1.82) is 0 Å². The minimum absolute atomic E-state index is 0.459. The normalized spacial score (nSPS) is 11.4. The molecule has 0 bridgehead atoms. The summed E-state index contributed by atoms with van der Waals surface area (Å²) in [6.07, 6.45) is 2.04. The average Bonchev–Trinajstić information content (AvgIpc) is 2.46. The summed E-state index contributed by atoms with van der Waals surface area (Å²) in [5.74, 6) is 0. The number of hydrogen-bond donors (Lipinski definition) is 0. The summed E-state index contributed by atoms with van der Waals surface area (Å²) in [5, 5.41) is 0.550. The van der Waals surface area contributed by atoms with Crippen molar-refractivity contribution in [2.75, 3.05) is 0 Å². The average molecular weight is 195 g/mol. The van der Waals surface area contributed by atoms with Crippen LogP contribution >= 0.6 is 11.6 Å². The van der Waals surface area contributed by atoms with Crippen molar-refractivity contribution in [3.63, 3.8) is 0 Å². The maximum absolute atomic E-state index is 5.79. The number of fused-ring (bicyclic) bond motifs is 1. The van der Waals surface area contributed by atoms with Crippen LogP contribution in [0.5, 0.6) is 0 Å². The van der Waals surface area contributed by atoms with E-state index in [-0.39, 0.29) is 0 Å². The molecule has 2 heterocycles. The van der Waals surface area contributed by atoms with Crippen LogP contribution < -0.4 is 0 Å². The van der Waals surface area contributed by atoms with Gasteiger partial charge in [0.05, 0.1) is 11.0 Å². The lowest BCUT2D eigenvalue weighted by Crippen LogP contribution is -1.97. The minimum Gasteiger partial charge on any atom is -0.344 e. The lowest BCUT2D eigenvalue weighted by atomic mass is 10.3. The zero-order chi connectivity index (χ0) is 9.42. The number of nitrogens with zero attached hydrogens (tertiary/aromatic N) is 2. The molecule has 0 spiro atoms. The molecule has 3 heteroatoms. The van der Waals surface area contributed by atoms with Crippen molar-refractivity contribution < 1.29 is 0 Å². The first-order chi connectivity index (χ1) is 6.18. The van der Waals surface area contributed by atoms with E-state index in [1.165, 1.54) is 0 Å². The van der Waals surface area contributed by atoms with Crippen molar-refractivity contribution in [3.05, 3.63) is 29.5 Å². The van der Waals surface area contributed by atoms with Gasteiger partial charge in [0.1, 0.15) is 5.15 Å². The maximum atomic E-state index is 5.79. The molecule has 0 atom stereocenters. The van der Waals surface area contributed by atoms with Gasteiger partial charge in [-0.1, -0.05) is 11.6 Å². The highest BCUT2D eigenvalue weighted by Gasteiger charge is 2.04. The van der Waals surface area contributed by atoms with Crippen molar-refractivity contribution in [2.24, 2.45) is 0 Å². The molecule has 0 aliphatic heterocycles. The van der Waals surface area contributed by atoms with Gasteiger partial charge in [0.25, 0.3) is 0 Å². The van der Waals surface area contributed by atoms with Crippen LogP contribution in [0, 0.1) is 0 Å². The van der Waals surface area contributed by atoms with Crippen LogP contribution in [0.4, 0.5) is 0 Å². The van der Waals surface area contributed by atoms with Crippen LogP contribution in [0.3, 0.4) is 0 Å². The largest absolute Gasteiger partial charge is 0.344 e. The molecule has 0 N–H and O–H groups in total. The van der Waals surface area contributed by atoms with Crippen molar-refractivity contribution in [3.8, 4) is 0 Å². The van der Waals surface area contributed by atoms with Crippen LogP contribution in [0.15, 0.2) is 24.4 Å². The van der Waals surface area contributed by atoms with E-state index in [1.807, 2.05) is 24.4 Å². The van der Waals surface area contributed by atoms with Gasteiger partial charge in [0, 0.05) is 12.2 Å². The summed E-state index contributed by atoms with van der Waals surface area (Å²) in [5.41, 5.74) is 2.10. The molecule has 0 unspecified atom stereocenters. The van der Waals surface area contributed by atoms with E-state index in [0.717, 1.165) is 11.0 Å². The van der Waals surface area contributed by atoms with Gasteiger partial charge in [-0.05, 0) is 32.0 Å². The second kappa shape index (κ2) is 3.04. The predicted octanol–water partition coefficient (Wildman–Crippen LogP) is 3.27. The fourth-order valence-electron chi connectivity index (χ4n) is 1.47. The van der Waals surface area contributed by atoms with Crippen LogP contribution in [0.2, 0.25) is 5.15 Å². The first kappa shape index (κ1) is 8.57. The second-order valence-electron chi connectivity index (χ2n) is 3.36. The number of rotatable bonds is 1. The molecule has 13 heavy (non-hydrogen) atoms. The third kappa shape index (κ3) is 1.42. The van der Waals surface area contributed by atoms with Gasteiger partial charge in [-0.25, -0.2) is 4.98 Å². The Hall–Kier alpha value is -1.02. The standard InChI is InChI=1S/C10H11ClN2/c1-7(2)13-6-5-8-9(13)3-4-10(11)12-8/h3-7H,1-2H3. The summed E-state index contributed by atoms with van der Waals surface area (Å²) < 4.78 is 2.18. The molecule has 2 rings (SSSR count). The maximum Gasteiger partial charge on any atom is 0.129 e. The van der Waals surface area contributed by atoms with Gasteiger partial charge in [-0.2, -0.15) is 0 Å². The molecule has 0 saturated heterocycles. The van der Waals surface area contributed by atoms with Crippen LogP contribution in [0.25, 0.3) is 11.0 Å². The van der Waals surface area contributed by atoms with Crippen LogP contribution in [0.1, 0.15) is 19.9 Å². The van der Waals surface area contributed by atoms with Crippen LogP contribution in [-0.2, 0) is 0 Å². The second-order valence-corrected chi connectivity index (χ2v) is 3.74. The highest BCUT2D eigenvalue weighted by atomic mass is 35.5. The Morgan fingerprint density at radius 1 is 1.31 bits per heavy atom. The Morgan fingerprint density at radius 2 is 2.08 bits per heavy atom. The first-order valence-corrected chi connectivity index (χ1v) is 4.69. The SMILES string of the molecule is CC(C)n1ccc2nc(Cl)ccc21. The van der Waals surface area contributed by atoms with E-state index in [1.54, 1.807) is 0 Å². The Bertz CT molecular complexity index is 431. The fourth-order valence-corrected chi connectivity index (χ4v) is 1.62. The van der Waals surface area contributed by atoms with E-state index >= 15 is 0 Å². The van der Waals surface area contributed by atoms with Gasteiger partial charge in [0.2, 0.25) is 0 Å². The highest BCUT2D eigenvalue weighted by molar-refractivity contribution is 6.29. The Labute approximate surface area is 82.1 Å². The molecule has 0 amide bonds. The van der Waals surface area contributed by atoms with Gasteiger partial charge in [-0.3, -0.25) is 0 Å². The lowest BCUT2D eigenvalue weighted by molar-refractivity contribution is 0.623. The highest BCUT2D eigenvalue weighted by Crippen LogP contribution is 2.19. The van der Waals surface area contributed by atoms with Gasteiger partial charge < -0.3 is 4.57 Å². The summed E-state index contributed by atoms with van der Waals surface area (Å²) in [7, 11) is 0. The zero-order valence-electron chi connectivity index (χ0n) is 7.66. The topological polar surface area (TPSA) is 17.8 Å². The third-order valence-corrected chi connectivity index (χ3v) is 2.31. The first-order valence-electron chi connectivity index (χ1n) is 4.31. The Balaban J connectivity index is 2.69. The third-order valence-electron chi connectivity index (χ3n) is 2.10. The molecule has 2 aromatic heterocycles. The number of pyridine rings is 1. The van der Waals surface area contributed by atoms with Gasteiger partial charge >= 0.3 is 0 Å². The summed E-state index contributed by atoms with van der Waals surface area (Å²) >= 11 is 5.79. The molecule has 0 radical (unpaired) electrons. The fraction of sp³-hybridized carbons (Fsp3) is 0.300. The quantitative estimate of drug-likeness (QED) is 0.638. The molecule has 2 nitrogen and oxygen atoms in total. The van der Waals surface area contributed by atoms with E-state index in [4.69, 9.17) is 11.6 Å². The molecule has 0 saturated carbocycles.